The Kier molecular flexibility index (Phi) is 4.67. The highest BCUT2D eigenvalue weighted by Crippen LogP contribution is 2.26. The zero-order chi connectivity index (χ0) is 15.6. The molecule has 1 atom stereocenters. The second-order valence-electron chi connectivity index (χ2n) is 4.32. The Balaban J connectivity index is 2.33. The Hall–Kier alpha value is -1.42. The van der Waals surface area contributed by atoms with Crippen molar-refractivity contribution < 1.29 is 22.8 Å². The van der Waals surface area contributed by atoms with Crippen molar-refractivity contribution in [2.24, 2.45) is 10.9 Å². The number of halogens is 2. The van der Waals surface area contributed by atoms with E-state index in [0.29, 0.717) is 0 Å². The fourth-order valence-electron chi connectivity index (χ4n) is 1.90. The van der Waals surface area contributed by atoms with Gasteiger partial charge in [0, 0.05) is 13.1 Å². The molecule has 1 heterocycles. The summed E-state index contributed by atoms with van der Waals surface area (Å²) in [5, 5.41) is 11.3. The SMILES string of the molecule is N/C(=N/O)C1CN(S(=O)(=O)c2cc(F)ccc2Cl)CCO1. The zero-order valence-corrected chi connectivity index (χ0v) is 12.3. The fraction of sp³-hybridized carbons (Fsp3) is 0.364. The Morgan fingerprint density at radius 2 is 2.29 bits per heavy atom. The van der Waals surface area contributed by atoms with Crippen LogP contribution in [0.5, 0.6) is 0 Å². The summed E-state index contributed by atoms with van der Waals surface area (Å²) in [6.07, 6.45) is -0.870. The predicted molar refractivity (Wildman–Crippen MR) is 73.3 cm³/mol. The van der Waals surface area contributed by atoms with E-state index in [1.165, 1.54) is 6.07 Å². The smallest absolute Gasteiger partial charge is 0.244 e. The van der Waals surface area contributed by atoms with Crippen LogP contribution in [0, 0.1) is 5.82 Å². The summed E-state index contributed by atoms with van der Waals surface area (Å²) in [6, 6.07) is 3.09. The van der Waals surface area contributed by atoms with Crippen LogP contribution in [0.15, 0.2) is 28.3 Å². The van der Waals surface area contributed by atoms with E-state index in [1.807, 2.05) is 0 Å². The van der Waals surface area contributed by atoms with E-state index in [2.05, 4.69) is 5.16 Å². The van der Waals surface area contributed by atoms with E-state index in [9.17, 15) is 12.8 Å². The Morgan fingerprint density at radius 1 is 1.57 bits per heavy atom. The number of rotatable bonds is 3. The van der Waals surface area contributed by atoms with Gasteiger partial charge in [0.2, 0.25) is 10.0 Å². The summed E-state index contributed by atoms with van der Waals surface area (Å²) >= 11 is 5.83. The minimum atomic E-state index is -4.00. The van der Waals surface area contributed by atoms with Gasteiger partial charge in [0.1, 0.15) is 16.8 Å². The minimum absolute atomic E-state index is 0.0599. The number of hydrogen-bond acceptors (Lipinski definition) is 5. The van der Waals surface area contributed by atoms with Crippen LogP contribution in [0.4, 0.5) is 4.39 Å². The van der Waals surface area contributed by atoms with E-state index in [-0.39, 0.29) is 35.5 Å². The third kappa shape index (κ3) is 3.26. The molecule has 2 rings (SSSR count). The fourth-order valence-corrected chi connectivity index (χ4v) is 3.81. The molecule has 7 nitrogen and oxygen atoms in total. The molecule has 1 saturated heterocycles. The van der Waals surface area contributed by atoms with Crippen LogP contribution in [-0.4, -0.2) is 49.6 Å². The van der Waals surface area contributed by atoms with Crippen LogP contribution in [0.1, 0.15) is 0 Å². The summed E-state index contributed by atoms with van der Waals surface area (Å²) in [5.41, 5.74) is 5.41. The van der Waals surface area contributed by atoms with Crippen molar-refractivity contribution in [2.45, 2.75) is 11.0 Å². The van der Waals surface area contributed by atoms with E-state index in [4.69, 9.17) is 27.3 Å². The third-order valence-electron chi connectivity index (χ3n) is 2.99. The van der Waals surface area contributed by atoms with Gasteiger partial charge in [0.15, 0.2) is 5.84 Å². The number of nitrogens with zero attached hydrogens (tertiary/aromatic N) is 2. The molecule has 0 radical (unpaired) electrons. The van der Waals surface area contributed by atoms with Gasteiger partial charge in [-0.15, -0.1) is 0 Å². The van der Waals surface area contributed by atoms with Gasteiger partial charge >= 0.3 is 0 Å². The average molecular weight is 338 g/mol. The van der Waals surface area contributed by atoms with Crippen LogP contribution < -0.4 is 5.73 Å². The number of morpholine rings is 1. The third-order valence-corrected chi connectivity index (χ3v) is 5.33. The van der Waals surface area contributed by atoms with Gasteiger partial charge in [-0.25, -0.2) is 12.8 Å². The quantitative estimate of drug-likeness (QED) is 0.364. The van der Waals surface area contributed by atoms with E-state index in [0.717, 1.165) is 16.4 Å². The first kappa shape index (κ1) is 16.0. The molecular formula is C11H13ClFN3O4S. The topological polar surface area (TPSA) is 105 Å². The molecule has 1 aliphatic heterocycles. The van der Waals surface area contributed by atoms with Crippen LogP contribution in [-0.2, 0) is 14.8 Å². The molecule has 10 heteroatoms. The maximum Gasteiger partial charge on any atom is 0.244 e. The second-order valence-corrected chi connectivity index (χ2v) is 6.64. The molecular weight excluding hydrogens is 325 g/mol. The van der Waals surface area contributed by atoms with Crippen molar-refractivity contribution in [3.05, 3.63) is 29.0 Å². The molecule has 0 amide bonds. The number of nitrogens with two attached hydrogens (primary N) is 1. The Bertz CT molecular complexity index is 667. The van der Waals surface area contributed by atoms with E-state index >= 15 is 0 Å². The number of benzene rings is 1. The van der Waals surface area contributed by atoms with Crippen molar-refractivity contribution in [3.63, 3.8) is 0 Å². The maximum atomic E-state index is 13.3. The van der Waals surface area contributed by atoms with E-state index in [1.54, 1.807) is 0 Å². The van der Waals surface area contributed by atoms with Gasteiger partial charge in [0.25, 0.3) is 0 Å². The Labute approximate surface area is 125 Å². The first-order valence-corrected chi connectivity index (χ1v) is 7.72. The standard InChI is InChI=1S/C11H13ClFN3O4S/c12-8-2-1-7(13)5-10(8)21(18,19)16-3-4-20-9(6-16)11(14)15-17/h1-2,5,9,17H,3-4,6H2,(H2,14,15). The second kappa shape index (κ2) is 6.14. The zero-order valence-electron chi connectivity index (χ0n) is 10.7. The first-order chi connectivity index (χ1) is 9.86. The summed E-state index contributed by atoms with van der Waals surface area (Å²) in [7, 11) is -4.00. The number of amidine groups is 1. The molecule has 1 fully saturated rings. The monoisotopic (exact) mass is 337 g/mol. The summed E-state index contributed by atoms with van der Waals surface area (Å²) in [5.74, 6) is -0.945. The lowest BCUT2D eigenvalue weighted by Crippen LogP contribution is -2.50. The molecule has 1 unspecified atom stereocenters. The summed E-state index contributed by atoms with van der Waals surface area (Å²) in [4.78, 5) is -0.329. The molecule has 1 aromatic carbocycles. The molecule has 21 heavy (non-hydrogen) atoms. The molecule has 0 saturated carbocycles. The van der Waals surface area contributed by atoms with Crippen molar-refractivity contribution >= 4 is 27.5 Å². The van der Waals surface area contributed by atoms with Crippen LogP contribution in [0.3, 0.4) is 0 Å². The van der Waals surface area contributed by atoms with Gasteiger partial charge in [-0.1, -0.05) is 16.8 Å². The molecule has 116 valence electrons. The van der Waals surface area contributed by atoms with E-state index < -0.39 is 21.9 Å². The molecule has 0 bridgehead atoms. The number of hydrogen-bond donors (Lipinski definition) is 2. The summed E-state index contributed by atoms with van der Waals surface area (Å²) < 4.78 is 44.5. The average Bonchev–Trinajstić information content (AvgIpc) is 2.49. The number of ether oxygens (including phenoxy) is 1. The van der Waals surface area contributed by atoms with Gasteiger partial charge in [-0.05, 0) is 18.2 Å². The lowest BCUT2D eigenvalue weighted by molar-refractivity contribution is 0.0355. The highest BCUT2D eigenvalue weighted by Gasteiger charge is 2.34. The molecule has 0 aliphatic carbocycles. The van der Waals surface area contributed by atoms with Gasteiger partial charge < -0.3 is 15.7 Å². The van der Waals surface area contributed by atoms with Crippen LogP contribution in [0.2, 0.25) is 5.02 Å². The molecule has 0 spiro atoms. The first-order valence-electron chi connectivity index (χ1n) is 5.90. The van der Waals surface area contributed by atoms with Gasteiger partial charge in [-0.2, -0.15) is 4.31 Å². The lowest BCUT2D eigenvalue weighted by atomic mass is 10.3. The number of sulfonamides is 1. The molecule has 1 aliphatic rings. The molecule has 0 aromatic heterocycles. The molecule has 3 N–H and O–H groups in total. The van der Waals surface area contributed by atoms with Crippen molar-refractivity contribution in [3.8, 4) is 0 Å². The van der Waals surface area contributed by atoms with Gasteiger partial charge in [-0.3, -0.25) is 0 Å². The predicted octanol–water partition coefficient (Wildman–Crippen LogP) is 0.615. The Morgan fingerprint density at radius 3 is 2.95 bits per heavy atom. The highest BCUT2D eigenvalue weighted by molar-refractivity contribution is 7.89. The number of oxime groups is 1. The summed E-state index contributed by atoms with van der Waals surface area (Å²) in [6.45, 7) is -0.0253. The van der Waals surface area contributed by atoms with Gasteiger partial charge in [0.05, 0.1) is 11.6 Å². The maximum absolute atomic E-state index is 13.3. The van der Waals surface area contributed by atoms with Crippen LogP contribution in [0.25, 0.3) is 0 Å². The van der Waals surface area contributed by atoms with Crippen LogP contribution >= 0.6 is 11.6 Å². The van der Waals surface area contributed by atoms with Crippen molar-refractivity contribution in [1.29, 1.82) is 0 Å². The highest BCUT2D eigenvalue weighted by atomic mass is 35.5. The normalized spacial score (nSPS) is 21.4. The van der Waals surface area contributed by atoms with Crippen molar-refractivity contribution in [2.75, 3.05) is 19.7 Å². The lowest BCUT2D eigenvalue weighted by Gasteiger charge is -2.31. The minimum Gasteiger partial charge on any atom is -0.409 e. The molecule has 1 aromatic rings. The largest absolute Gasteiger partial charge is 0.409 e. The van der Waals surface area contributed by atoms with Crippen molar-refractivity contribution in [1.82, 2.24) is 4.31 Å².